The van der Waals surface area contributed by atoms with E-state index in [0.29, 0.717) is 18.7 Å². The van der Waals surface area contributed by atoms with E-state index in [9.17, 15) is 13.2 Å². The fourth-order valence-electron chi connectivity index (χ4n) is 2.56. The summed E-state index contributed by atoms with van der Waals surface area (Å²) < 4.78 is 23.8. The molecule has 1 aliphatic heterocycles. The van der Waals surface area contributed by atoms with Crippen LogP contribution in [0.5, 0.6) is 0 Å². The van der Waals surface area contributed by atoms with E-state index in [0.717, 1.165) is 15.2 Å². The predicted molar refractivity (Wildman–Crippen MR) is 88.1 cm³/mol. The third-order valence-corrected chi connectivity index (χ3v) is 6.40. The molecule has 1 saturated heterocycles. The number of urea groups is 1. The Morgan fingerprint density at radius 1 is 1.45 bits per heavy atom. The third-order valence-electron chi connectivity index (χ3n) is 3.63. The van der Waals surface area contributed by atoms with Gasteiger partial charge in [-0.05, 0) is 37.5 Å². The molecule has 1 aromatic heterocycles. The van der Waals surface area contributed by atoms with Gasteiger partial charge in [0, 0.05) is 12.2 Å². The Bertz CT molecular complexity index is 814. The zero-order valence-corrected chi connectivity index (χ0v) is 13.8. The molecular formula is C14H17N3O3S2. The number of thiazole rings is 1. The number of fused-ring (bicyclic) bond motifs is 1. The van der Waals surface area contributed by atoms with Crippen LogP contribution in [0.2, 0.25) is 0 Å². The number of anilines is 1. The summed E-state index contributed by atoms with van der Waals surface area (Å²) in [6.07, 6.45) is 0.620. The lowest BCUT2D eigenvalue weighted by atomic mass is 10.1. The Labute approximate surface area is 132 Å². The van der Waals surface area contributed by atoms with Crippen molar-refractivity contribution in [2.75, 3.05) is 23.4 Å². The topological polar surface area (TPSA) is 88.2 Å². The van der Waals surface area contributed by atoms with Crippen molar-refractivity contribution in [3.63, 3.8) is 0 Å². The SMILES string of the molecule is Cc1nc2ccc(NC(=O)NC[C@@H]3CCS(=O)(=O)C3)cc2s1. The quantitative estimate of drug-likeness (QED) is 0.897. The van der Waals surface area contributed by atoms with E-state index < -0.39 is 9.84 Å². The monoisotopic (exact) mass is 339 g/mol. The van der Waals surface area contributed by atoms with Gasteiger partial charge in [0.15, 0.2) is 9.84 Å². The van der Waals surface area contributed by atoms with Crippen molar-refractivity contribution in [3.05, 3.63) is 23.2 Å². The smallest absolute Gasteiger partial charge is 0.319 e. The Balaban J connectivity index is 1.56. The minimum absolute atomic E-state index is 0.0161. The molecule has 0 bridgehead atoms. The molecule has 0 radical (unpaired) electrons. The number of hydrogen-bond acceptors (Lipinski definition) is 5. The number of aryl methyl sites for hydroxylation is 1. The molecule has 0 unspecified atom stereocenters. The maximum Gasteiger partial charge on any atom is 0.319 e. The summed E-state index contributed by atoms with van der Waals surface area (Å²) in [6.45, 7) is 2.33. The number of nitrogens with one attached hydrogen (secondary N) is 2. The number of sulfone groups is 1. The van der Waals surface area contributed by atoms with Gasteiger partial charge in [-0.1, -0.05) is 0 Å². The molecule has 6 nitrogen and oxygen atoms in total. The summed E-state index contributed by atoms with van der Waals surface area (Å²) in [5.41, 5.74) is 1.62. The molecule has 8 heteroatoms. The molecule has 22 heavy (non-hydrogen) atoms. The standard InChI is InChI=1S/C14H17N3O3S2/c1-9-16-12-3-2-11(6-13(12)21-9)17-14(18)15-7-10-4-5-22(19,20)8-10/h2-3,6,10H,4-5,7-8H2,1H3,(H2,15,17,18)/t10-/m0/s1. The maximum absolute atomic E-state index is 11.9. The average molecular weight is 339 g/mol. The summed E-state index contributed by atoms with van der Waals surface area (Å²) in [4.78, 5) is 16.3. The van der Waals surface area contributed by atoms with Crippen LogP contribution in [0, 0.1) is 12.8 Å². The van der Waals surface area contributed by atoms with Crippen molar-refractivity contribution < 1.29 is 13.2 Å². The molecule has 1 aromatic carbocycles. The fourth-order valence-corrected chi connectivity index (χ4v) is 5.29. The van der Waals surface area contributed by atoms with E-state index in [-0.39, 0.29) is 23.5 Å². The Morgan fingerprint density at radius 2 is 2.27 bits per heavy atom. The molecule has 2 heterocycles. The van der Waals surface area contributed by atoms with Crippen molar-refractivity contribution >= 4 is 43.1 Å². The normalized spacial score (nSPS) is 20.1. The van der Waals surface area contributed by atoms with Crippen molar-refractivity contribution in [1.29, 1.82) is 0 Å². The number of carbonyl (C=O) groups is 1. The number of carbonyl (C=O) groups excluding carboxylic acids is 1. The maximum atomic E-state index is 11.9. The highest BCUT2D eigenvalue weighted by molar-refractivity contribution is 7.91. The average Bonchev–Trinajstić information content (AvgIpc) is 2.97. The second kappa shape index (κ2) is 5.85. The Hall–Kier alpha value is -1.67. The lowest BCUT2D eigenvalue weighted by Gasteiger charge is -2.10. The summed E-state index contributed by atoms with van der Waals surface area (Å²) in [7, 11) is -2.90. The van der Waals surface area contributed by atoms with Crippen molar-refractivity contribution in [1.82, 2.24) is 10.3 Å². The number of aromatic nitrogens is 1. The van der Waals surface area contributed by atoms with Gasteiger partial charge in [0.2, 0.25) is 0 Å². The van der Waals surface area contributed by atoms with Gasteiger partial charge in [0.1, 0.15) is 0 Å². The zero-order chi connectivity index (χ0) is 15.7. The van der Waals surface area contributed by atoms with Crippen LogP contribution in [0.4, 0.5) is 10.5 Å². The summed E-state index contributed by atoms with van der Waals surface area (Å²) in [6, 6.07) is 5.25. The molecule has 0 saturated carbocycles. The third kappa shape index (κ3) is 3.56. The lowest BCUT2D eigenvalue weighted by molar-refractivity contribution is 0.250. The number of hydrogen-bond donors (Lipinski definition) is 2. The highest BCUT2D eigenvalue weighted by Crippen LogP contribution is 2.24. The van der Waals surface area contributed by atoms with E-state index in [1.54, 1.807) is 17.4 Å². The molecule has 1 fully saturated rings. The molecule has 2 N–H and O–H groups in total. The van der Waals surface area contributed by atoms with Crippen LogP contribution in [0.3, 0.4) is 0 Å². The summed E-state index contributed by atoms with van der Waals surface area (Å²) >= 11 is 1.58. The van der Waals surface area contributed by atoms with Crippen LogP contribution >= 0.6 is 11.3 Å². The molecule has 118 valence electrons. The van der Waals surface area contributed by atoms with Crippen LogP contribution in [-0.2, 0) is 9.84 Å². The number of nitrogens with zero attached hydrogens (tertiary/aromatic N) is 1. The van der Waals surface area contributed by atoms with Gasteiger partial charge >= 0.3 is 6.03 Å². The van der Waals surface area contributed by atoms with Crippen LogP contribution in [0.25, 0.3) is 10.2 Å². The second-order valence-electron chi connectivity index (χ2n) is 5.52. The van der Waals surface area contributed by atoms with E-state index in [1.165, 1.54) is 0 Å². The second-order valence-corrected chi connectivity index (χ2v) is 8.98. The van der Waals surface area contributed by atoms with Gasteiger partial charge in [-0.15, -0.1) is 11.3 Å². The van der Waals surface area contributed by atoms with E-state index in [1.807, 2.05) is 19.1 Å². The van der Waals surface area contributed by atoms with Crippen molar-refractivity contribution in [2.45, 2.75) is 13.3 Å². The van der Waals surface area contributed by atoms with Crippen molar-refractivity contribution in [2.24, 2.45) is 5.92 Å². The van der Waals surface area contributed by atoms with Gasteiger partial charge in [-0.2, -0.15) is 0 Å². The van der Waals surface area contributed by atoms with Crippen LogP contribution in [0.1, 0.15) is 11.4 Å². The molecule has 2 aromatic rings. The van der Waals surface area contributed by atoms with Gasteiger partial charge in [-0.3, -0.25) is 0 Å². The minimum atomic E-state index is -2.90. The van der Waals surface area contributed by atoms with Gasteiger partial charge in [-0.25, -0.2) is 18.2 Å². The molecule has 2 amide bonds. The molecule has 1 aliphatic rings. The molecule has 1 atom stereocenters. The zero-order valence-electron chi connectivity index (χ0n) is 12.1. The van der Waals surface area contributed by atoms with Crippen LogP contribution in [-0.4, -0.2) is 37.5 Å². The van der Waals surface area contributed by atoms with E-state index in [4.69, 9.17) is 0 Å². The number of amides is 2. The predicted octanol–water partition coefficient (Wildman–Crippen LogP) is 2.16. The first kappa shape index (κ1) is 15.2. The van der Waals surface area contributed by atoms with E-state index in [2.05, 4.69) is 15.6 Å². The van der Waals surface area contributed by atoms with Gasteiger partial charge < -0.3 is 10.6 Å². The highest BCUT2D eigenvalue weighted by Gasteiger charge is 2.27. The van der Waals surface area contributed by atoms with Crippen LogP contribution in [0.15, 0.2) is 18.2 Å². The first-order valence-electron chi connectivity index (χ1n) is 7.04. The summed E-state index contributed by atoms with van der Waals surface area (Å²) in [5.74, 6) is 0.407. The van der Waals surface area contributed by atoms with Gasteiger partial charge in [0.05, 0.1) is 26.7 Å². The largest absolute Gasteiger partial charge is 0.338 e. The lowest BCUT2D eigenvalue weighted by Crippen LogP contribution is -2.33. The Kier molecular flexibility index (Phi) is 4.05. The number of benzene rings is 1. The molecule has 3 rings (SSSR count). The molecule has 0 aliphatic carbocycles. The fraction of sp³-hybridized carbons (Fsp3) is 0.429. The summed E-state index contributed by atoms with van der Waals surface area (Å²) in [5, 5.41) is 6.49. The minimum Gasteiger partial charge on any atom is -0.338 e. The van der Waals surface area contributed by atoms with Crippen LogP contribution < -0.4 is 10.6 Å². The molecular weight excluding hydrogens is 322 g/mol. The van der Waals surface area contributed by atoms with Crippen molar-refractivity contribution in [3.8, 4) is 0 Å². The first-order chi connectivity index (χ1) is 10.4. The highest BCUT2D eigenvalue weighted by atomic mass is 32.2. The Morgan fingerprint density at radius 3 is 3.00 bits per heavy atom. The first-order valence-corrected chi connectivity index (χ1v) is 9.67. The van der Waals surface area contributed by atoms with Gasteiger partial charge in [0.25, 0.3) is 0 Å². The van der Waals surface area contributed by atoms with E-state index >= 15 is 0 Å². The number of rotatable bonds is 3. The molecule has 0 spiro atoms.